The van der Waals surface area contributed by atoms with Gasteiger partial charge in [0.05, 0.1) is 17.4 Å². The van der Waals surface area contributed by atoms with E-state index in [1.165, 1.54) is 11.3 Å². The average molecular weight is 300 g/mol. The van der Waals surface area contributed by atoms with E-state index in [4.69, 9.17) is 0 Å². The van der Waals surface area contributed by atoms with Crippen LogP contribution in [0.2, 0.25) is 0 Å². The number of nitrogens with one attached hydrogen (secondary N) is 2. The molecule has 0 amide bonds. The van der Waals surface area contributed by atoms with E-state index in [1.807, 2.05) is 6.92 Å². The van der Waals surface area contributed by atoms with E-state index in [2.05, 4.69) is 19.9 Å². The molecule has 8 heteroatoms. The minimum Gasteiger partial charge on any atom is -0.281 e. The molecule has 104 valence electrons. The van der Waals surface area contributed by atoms with E-state index in [0.29, 0.717) is 11.4 Å². The van der Waals surface area contributed by atoms with Gasteiger partial charge in [-0.25, -0.2) is 18.1 Å². The Morgan fingerprint density at radius 2 is 2.05 bits per heavy atom. The monoisotopic (exact) mass is 300 g/mol. The van der Waals surface area contributed by atoms with Crippen LogP contribution in [0.1, 0.15) is 34.2 Å². The fraction of sp³-hybridized carbons (Fsp3) is 0.455. The average Bonchev–Trinajstić information content (AvgIpc) is 2.85. The Morgan fingerprint density at radius 1 is 1.37 bits per heavy atom. The highest BCUT2D eigenvalue weighted by atomic mass is 32.2. The molecule has 0 aliphatic heterocycles. The van der Waals surface area contributed by atoms with E-state index in [0.717, 1.165) is 9.88 Å². The minimum atomic E-state index is -3.59. The van der Waals surface area contributed by atoms with Crippen molar-refractivity contribution >= 4 is 21.4 Å². The Hall–Kier alpha value is -1.25. The first kappa shape index (κ1) is 14.2. The molecule has 19 heavy (non-hydrogen) atoms. The number of thiazole rings is 1. The first-order valence-corrected chi connectivity index (χ1v) is 8.07. The van der Waals surface area contributed by atoms with E-state index in [9.17, 15) is 8.42 Å². The predicted molar refractivity (Wildman–Crippen MR) is 73.6 cm³/mol. The van der Waals surface area contributed by atoms with Gasteiger partial charge in [-0.3, -0.25) is 5.10 Å². The summed E-state index contributed by atoms with van der Waals surface area (Å²) >= 11 is 1.48. The van der Waals surface area contributed by atoms with Crippen LogP contribution in [0.4, 0.5) is 0 Å². The zero-order valence-corrected chi connectivity index (χ0v) is 12.8. The van der Waals surface area contributed by atoms with Gasteiger partial charge in [-0.05, 0) is 27.7 Å². The van der Waals surface area contributed by atoms with Gasteiger partial charge in [0, 0.05) is 11.1 Å². The van der Waals surface area contributed by atoms with E-state index in [-0.39, 0.29) is 10.9 Å². The molecule has 2 heterocycles. The Morgan fingerprint density at radius 3 is 2.53 bits per heavy atom. The summed E-state index contributed by atoms with van der Waals surface area (Å²) in [6, 6.07) is -0.364. The SMILES string of the molecule is Cc1cnc(C(C)NS(=O)(=O)c2c(C)n[nH]c2C)s1. The second-order valence-electron chi connectivity index (χ2n) is 4.42. The fourth-order valence-corrected chi connectivity index (χ4v) is 4.28. The van der Waals surface area contributed by atoms with Crippen molar-refractivity contribution in [2.75, 3.05) is 0 Å². The lowest BCUT2D eigenvalue weighted by molar-refractivity contribution is 0.565. The van der Waals surface area contributed by atoms with Gasteiger partial charge >= 0.3 is 0 Å². The number of H-pyrrole nitrogens is 1. The van der Waals surface area contributed by atoms with Gasteiger partial charge in [-0.2, -0.15) is 5.10 Å². The van der Waals surface area contributed by atoms with Crippen molar-refractivity contribution < 1.29 is 8.42 Å². The molecule has 1 unspecified atom stereocenters. The molecule has 0 fully saturated rings. The van der Waals surface area contributed by atoms with E-state index >= 15 is 0 Å². The molecule has 0 aliphatic rings. The van der Waals surface area contributed by atoms with Crippen LogP contribution in [0.15, 0.2) is 11.1 Å². The lowest BCUT2D eigenvalue weighted by atomic mass is 10.4. The summed E-state index contributed by atoms with van der Waals surface area (Å²) in [6.45, 7) is 7.07. The Balaban J connectivity index is 2.27. The minimum absolute atomic E-state index is 0.215. The second-order valence-corrected chi connectivity index (χ2v) is 7.33. The summed E-state index contributed by atoms with van der Waals surface area (Å²) in [5.74, 6) is 0. The molecule has 1 atom stereocenters. The summed E-state index contributed by atoms with van der Waals surface area (Å²) in [5.41, 5.74) is 1.00. The summed E-state index contributed by atoms with van der Waals surface area (Å²) in [4.78, 5) is 5.46. The van der Waals surface area contributed by atoms with Gasteiger partial charge in [0.1, 0.15) is 9.90 Å². The maximum atomic E-state index is 12.3. The first-order chi connectivity index (χ1) is 8.81. The van der Waals surface area contributed by atoms with Gasteiger partial charge in [0.2, 0.25) is 10.0 Å². The van der Waals surface area contributed by atoms with Crippen LogP contribution in [0.25, 0.3) is 0 Å². The molecule has 0 bridgehead atoms. The molecule has 2 N–H and O–H groups in total. The molecule has 2 aromatic heterocycles. The number of aromatic amines is 1. The van der Waals surface area contributed by atoms with Crippen LogP contribution in [0.3, 0.4) is 0 Å². The van der Waals surface area contributed by atoms with Crippen LogP contribution >= 0.6 is 11.3 Å². The molecule has 2 aromatic rings. The lowest BCUT2D eigenvalue weighted by Crippen LogP contribution is -2.27. The van der Waals surface area contributed by atoms with Crippen molar-refractivity contribution in [1.29, 1.82) is 0 Å². The number of rotatable bonds is 4. The summed E-state index contributed by atoms with van der Waals surface area (Å²) in [6.07, 6.45) is 1.74. The number of sulfonamides is 1. The maximum Gasteiger partial charge on any atom is 0.244 e. The van der Waals surface area contributed by atoms with Crippen LogP contribution < -0.4 is 4.72 Å². The third-order valence-corrected chi connectivity index (χ3v) is 5.57. The largest absolute Gasteiger partial charge is 0.281 e. The van der Waals surface area contributed by atoms with Crippen LogP contribution in [0.5, 0.6) is 0 Å². The zero-order chi connectivity index (χ0) is 14.2. The molecule has 0 aliphatic carbocycles. The molecule has 2 rings (SSSR count). The molecular formula is C11H16N4O2S2. The van der Waals surface area contributed by atoms with Gasteiger partial charge < -0.3 is 0 Å². The van der Waals surface area contributed by atoms with Crippen molar-refractivity contribution in [3.05, 3.63) is 27.5 Å². The fourth-order valence-electron chi connectivity index (χ4n) is 1.85. The topological polar surface area (TPSA) is 87.7 Å². The number of nitrogens with zero attached hydrogens (tertiary/aromatic N) is 2. The molecule has 0 saturated heterocycles. The summed E-state index contributed by atoms with van der Waals surface area (Å²) in [7, 11) is -3.59. The highest BCUT2D eigenvalue weighted by Gasteiger charge is 2.25. The second kappa shape index (κ2) is 5.03. The van der Waals surface area contributed by atoms with Gasteiger partial charge in [-0.1, -0.05) is 0 Å². The number of aromatic nitrogens is 3. The first-order valence-electron chi connectivity index (χ1n) is 5.77. The quantitative estimate of drug-likeness (QED) is 0.901. The summed E-state index contributed by atoms with van der Waals surface area (Å²) in [5, 5.41) is 7.34. The molecule has 0 spiro atoms. The lowest BCUT2D eigenvalue weighted by Gasteiger charge is -2.11. The smallest absolute Gasteiger partial charge is 0.244 e. The maximum absolute atomic E-state index is 12.3. The van der Waals surface area contributed by atoms with Crippen LogP contribution in [-0.2, 0) is 10.0 Å². The highest BCUT2D eigenvalue weighted by molar-refractivity contribution is 7.89. The van der Waals surface area contributed by atoms with Gasteiger partial charge in [-0.15, -0.1) is 11.3 Å². The number of hydrogen-bond donors (Lipinski definition) is 2. The highest BCUT2D eigenvalue weighted by Crippen LogP contribution is 2.23. The van der Waals surface area contributed by atoms with Crippen molar-refractivity contribution in [2.24, 2.45) is 0 Å². The van der Waals surface area contributed by atoms with Gasteiger partial charge in [0.15, 0.2) is 0 Å². The number of hydrogen-bond acceptors (Lipinski definition) is 5. The molecule has 0 aromatic carbocycles. The molecular weight excluding hydrogens is 284 g/mol. The molecule has 6 nitrogen and oxygen atoms in total. The van der Waals surface area contributed by atoms with Crippen LogP contribution in [-0.4, -0.2) is 23.6 Å². The summed E-state index contributed by atoms with van der Waals surface area (Å²) < 4.78 is 27.3. The van der Waals surface area contributed by atoms with Crippen molar-refractivity contribution in [2.45, 2.75) is 38.6 Å². The Bertz CT molecular complexity index is 668. The number of aryl methyl sites for hydroxylation is 3. The third kappa shape index (κ3) is 2.85. The zero-order valence-electron chi connectivity index (χ0n) is 11.2. The standard InChI is InChI=1S/C11H16N4O2S2/c1-6-5-12-11(18-6)9(4)15-19(16,17)10-7(2)13-14-8(10)3/h5,9,15H,1-4H3,(H,13,14). The van der Waals surface area contributed by atoms with E-state index in [1.54, 1.807) is 27.0 Å². The van der Waals surface area contributed by atoms with E-state index < -0.39 is 10.0 Å². The van der Waals surface area contributed by atoms with Crippen LogP contribution in [0, 0.1) is 20.8 Å². The van der Waals surface area contributed by atoms with Crippen molar-refractivity contribution in [3.63, 3.8) is 0 Å². The van der Waals surface area contributed by atoms with Gasteiger partial charge in [0.25, 0.3) is 0 Å². The normalized spacial score (nSPS) is 13.7. The Labute approximate surface area is 116 Å². The molecule has 0 radical (unpaired) electrons. The third-order valence-electron chi connectivity index (χ3n) is 2.67. The van der Waals surface area contributed by atoms with Crippen molar-refractivity contribution in [1.82, 2.24) is 19.9 Å². The van der Waals surface area contributed by atoms with Crippen molar-refractivity contribution in [3.8, 4) is 0 Å². The Kier molecular flexibility index (Phi) is 3.75. The predicted octanol–water partition coefficient (Wildman–Crippen LogP) is 1.83. The molecule has 0 saturated carbocycles.